The predicted molar refractivity (Wildman–Crippen MR) is 134 cm³/mol. The third-order valence-corrected chi connectivity index (χ3v) is 7.05. The summed E-state index contributed by atoms with van der Waals surface area (Å²) in [4.78, 5) is 30.6. The average Bonchev–Trinajstić information content (AvgIpc) is 3.38. The summed E-state index contributed by atoms with van der Waals surface area (Å²) in [6.07, 6.45) is -0.651. The number of aromatic nitrogens is 1. The molecule has 0 saturated carbocycles. The van der Waals surface area contributed by atoms with Crippen LogP contribution in [0.4, 0.5) is 21.1 Å². The molecule has 1 aromatic carbocycles. The van der Waals surface area contributed by atoms with E-state index in [1.807, 2.05) is 20.8 Å². The quantitative estimate of drug-likeness (QED) is 0.598. The molecule has 2 amide bonds. The summed E-state index contributed by atoms with van der Waals surface area (Å²) in [6.45, 7) is 11.5. The second-order valence-corrected chi connectivity index (χ2v) is 12.7. The second-order valence-electron chi connectivity index (χ2n) is 10.2. The lowest BCUT2D eigenvalue weighted by Crippen LogP contribution is -2.41. The average molecular weight is 525 g/mol. The number of anilines is 2. The molecule has 1 fully saturated rings. The lowest BCUT2D eigenvalue weighted by Gasteiger charge is -2.25. The van der Waals surface area contributed by atoms with E-state index < -0.39 is 27.3 Å². The summed E-state index contributed by atoms with van der Waals surface area (Å²) in [6, 6.07) is 6.08. The van der Waals surface area contributed by atoms with E-state index in [1.54, 1.807) is 37.8 Å². The molecule has 0 bridgehead atoms. The van der Waals surface area contributed by atoms with Gasteiger partial charge in [0.05, 0.1) is 10.4 Å². The third kappa shape index (κ3) is 7.07. The molecule has 2 aromatic rings. The molecular weight excluding hydrogens is 492 g/mol. The molecule has 1 saturated heterocycles. The molecule has 1 N–H and O–H groups in total. The maximum atomic E-state index is 13.4. The zero-order valence-electron chi connectivity index (χ0n) is 20.8. The molecule has 0 aliphatic carbocycles. The summed E-state index contributed by atoms with van der Waals surface area (Å²) < 4.78 is 38.0. The maximum Gasteiger partial charge on any atom is 0.430 e. The van der Waals surface area contributed by atoms with Gasteiger partial charge in [-0.05, 0) is 72.2 Å². The Morgan fingerprint density at radius 2 is 1.71 bits per heavy atom. The lowest BCUT2D eigenvalue weighted by molar-refractivity contribution is 0.0293. The predicted octanol–water partition coefficient (Wildman–Crippen LogP) is 4.69. The molecule has 1 aliphatic heterocycles. The van der Waals surface area contributed by atoms with Gasteiger partial charge in [0, 0.05) is 30.2 Å². The molecule has 1 atom stereocenters. The van der Waals surface area contributed by atoms with Crippen LogP contribution in [0.2, 0.25) is 0 Å². The molecule has 2 heterocycles. The largest absolute Gasteiger partial charge is 0.444 e. The van der Waals surface area contributed by atoms with E-state index in [4.69, 9.17) is 9.47 Å². The van der Waals surface area contributed by atoms with Crippen LogP contribution in [0.1, 0.15) is 48.0 Å². The van der Waals surface area contributed by atoms with E-state index in [9.17, 15) is 18.0 Å². The van der Waals surface area contributed by atoms with Gasteiger partial charge in [-0.1, -0.05) is 0 Å². The lowest BCUT2D eigenvalue weighted by atomic mass is 10.2. The van der Waals surface area contributed by atoms with Gasteiger partial charge in [0.2, 0.25) is 0 Å². The van der Waals surface area contributed by atoms with E-state index in [1.165, 1.54) is 34.4 Å². The highest BCUT2D eigenvalue weighted by atomic mass is 32.2. The summed E-state index contributed by atoms with van der Waals surface area (Å²) >= 11 is 1.17. The van der Waals surface area contributed by atoms with Crippen LogP contribution in [0.25, 0.3) is 0 Å². The summed E-state index contributed by atoms with van der Waals surface area (Å²) in [7, 11) is -4.27. The minimum absolute atomic E-state index is 0.00163. The molecule has 0 radical (unpaired) electrons. The number of carbonyl (C=O) groups is 2. The van der Waals surface area contributed by atoms with Crippen molar-refractivity contribution < 1.29 is 27.5 Å². The zero-order chi connectivity index (χ0) is 26.0. The van der Waals surface area contributed by atoms with Gasteiger partial charge in [-0.2, -0.15) is 0 Å². The molecular formula is C23H32N4O6S2. The highest BCUT2D eigenvalue weighted by Crippen LogP contribution is 2.27. The first-order chi connectivity index (χ1) is 16.2. The first-order valence-corrected chi connectivity index (χ1v) is 13.5. The van der Waals surface area contributed by atoms with Crippen LogP contribution in [0.3, 0.4) is 0 Å². The van der Waals surface area contributed by atoms with Crippen molar-refractivity contribution in [3.05, 3.63) is 35.2 Å². The Balaban J connectivity index is 1.72. The van der Waals surface area contributed by atoms with Crippen molar-refractivity contribution in [3.8, 4) is 0 Å². The third-order valence-electron chi connectivity index (χ3n) is 4.79. The smallest absolute Gasteiger partial charge is 0.430 e. The van der Waals surface area contributed by atoms with Crippen molar-refractivity contribution in [3.63, 3.8) is 0 Å². The molecule has 3 rings (SSSR count). The van der Waals surface area contributed by atoms with Gasteiger partial charge in [0.1, 0.15) is 11.2 Å². The minimum atomic E-state index is -4.27. The molecule has 0 unspecified atom stereocenters. The summed E-state index contributed by atoms with van der Waals surface area (Å²) in [5.74, 6) is -0.0281. The number of ether oxygens (including phenoxy) is 2. The van der Waals surface area contributed by atoms with E-state index in [-0.39, 0.29) is 22.8 Å². The fraction of sp³-hybridized carbons (Fsp3) is 0.522. The van der Waals surface area contributed by atoms with E-state index in [0.29, 0.717) is 23.1 Å². The number of benzene rings is 1. The van der Waals surface area contributed by atoms with Gasteiger partial charge in [0.15, 0.2) is 5.82 Å². The van der Waals surface area contributed by atoms with Crippen molar-refractivity contribution in [1.29, 1.82) is 0 Å². The van der Waals surface area contributed by atoms with Crippen LogP contribution in [-0.2, 0) is 19.5 Å². The Labute approximate surface area is 210 Å². The number of likely N-dealkylation sites (tertiary alicyclic amines) is 1. The number of nitrogens with zero attached hydrogens (tertiary/aromatic N) is 3. The highest BCUT2D eigenvalue weighted by molar-refractivity contribution is 7.93. The van der Waals surface area contributed by atoms with Gasteiger partial charge in [-0.15, -0.1) is 15.6 Å². The van der Waals surface area contributed by atoms with Crippen LogP contribution in [0.5, 0.6) is 0 Å². The fourth-order valence-corrected chi connectivity index (χ4v) is 5.21. The standard InChI is InChI=1S/C23H32N4O6S2/c1-22(2,3)32-20(28)26-12-11-17(13-26)25-16-7-9-18(10-8-16)35(30,31)27(19-14-34-15-24-19)21(29)33-23(4,5)6/h7-10,14-15,17,25H,11-13H2,1-6H3/t17-/m0/s1. The Hall–Kier alpha value is -2.86. The van der Waals surface area contributed by atoms with Gasteiger partial charge >= 0.3 is 12.2 Å². The molecule has 10 nitrogen and oxygen atoms in total. The van der Waals surface area contributed by atoms with E-state index in [0.717, 1.165) is 6.42 Å². The van der Waals surface area contributed by atoms with E-state index >= 15 is 0 Å². The van der Waals surface area contributed by atoms with Crippen LogP contribution in [0.15, 0.2) is 40.1 Å². The normalized spacial score (nSPS) is 16.6. The van der Waals surface area contributed by atoms with Crippen LogP contribution < -0.4 is 9.62 Å². The first-order valence-electron chi connectivity index (χ1n) is 11.2. The van der Waals surface area contributed by atoms with Crippen molar-refractivity contribution in [2.24, 2.45) is 0 Å². The number of amides is 2. The monoisotopic (exact) mass is 524 g/mol. The number of rotatable bonds is 5. The topological polar surface area (TPSA) is 118 Å². The van der Waals surface area contributed by atoms with Crippen LogP contribution in [-0.4, -0.2) is 60.8 Å². The maximum absolute atomic E-state index is 13.4. The fourth-order valence-electron chi connectivity index (χ4n) is 3.36. The minimum Gasteiger partial charge on any atom is -0.444 e. The zero-order valence-corrected chi connectivity index (χ0v) is 22.4. The Bertz CT molecular complexity index is 1140. The van der Waals surface area contributed by atoms with Crippen molar-refractivity contribution in [2.75, 3.05) is 22.7 Å². The second kappa shape index (κ2) is 10.0. The van der Waals surface area contributed by atoms with Crippen molar-refractivity contribution in [2.45, 2.75) is 70.1 Å². The van der Waals surface area contributed by atoms with Gasteiger partial charge in [-0.3, -0.25) is 0 Å². The number of hydrogen-bond acceptors (Lipinski definition) is 9. The van der Waals surface area contributed by atoms with Gasteiger partial charge in [0.25, 0.3) is 10.0 Å². The molecule has 1 aliphatic rings. The molecule has 0 spiro atoms. The summed E-state index contributed by atoms with van der Waals surface area (Å²) in [5.41, 5.74) is 0.688. The highest BCUT2D eigenvalue weighted by Gasteiger charge is 2.36. The Morgan fingerprint density at radius 3 is 2.26 bits per heavy atom. The van der Waals surface area contributed by atoms with Crippen molar-refractivity contribution in [1.82, 2.24) is 9.88 Å². The number of hydrogen-bond donors (Lipinski definition) is 1. The number of carbonyl (C=O) groups excluding carboxylic acids is 2. The number of thiazole rings is 1. The van der Waals surface area contributed by atoms with E-state index in [2.05, 4.69) is 10.3 Å². The molecule has 12 heteroatoms. The molecule has 35 heavy (non-hydrogen) atoms. The molecule has 192 valence electrons. The summed E-state index contributed by atoms with van der Waals surface area (Å²) in [5, 5.41) is 4.78. The van der Waals surface area contributed by atoms with Crippen molar-refractivity contribution >= 4 is 45.1 Å². The molecule has 1 aromatic heterocycles. The van der Waals surface area contributed by atoms with Crippen LogP contribution >= 0.6 is 11.3 Å². The Morgan fingerprint density at radius 1 is 1.09 bits per heavy atom. The van der Waals surface area contributed by atoms with Crippen LogP contribution in [0, 0.1) is 0 Å². The Kier molecular flexibility index (Phi) is 7.65. The SMILES string of the molecule is CC(C)(C)OC(=O)N1CC[C@H](Nc2ccc(S(=O)(=O)N(C(=O)OC(C)(C)C)c3cscn3)cc2)C1. The number of sulfonamides is 1. The van der Waals surface area contributed by atoms with Gasteiger partial charge < -0.3 is 19.7 Å². The number of nitrogens with one attached hydrogen (secondary N) is 1. The first kappa shape index (κ1) is 26.7. The van der Waals surface area contributed by atoms with Gasteiger partial charge in [-0.25, -0.2) is 23.0 Å².